The Balaban J connectivity index is 1.47. The Morgan fingerprint density at radius 3 is 2.56 bits per heavy atom. The van der Waals surface area contributed by atoms with Crippen LogP contribution in [0.1, 0.15) is 48.9 Å². The molecule has 0 saturated carbocycles. The number of fused-ring (bicyclic) bond motifs is 1. The molecule has 1 aromatic heterocycles. The first-order valence-electron chi connectivity index (χ1n) is 9.85. The number of nitrogens with zero attached hydrogens (tertiary/aromatic N) is 4. The van der Waals surface area contributed by atoms with Crippen molar-refractivity contribution < 1.29 is 9.84 Å². The van der Waals surface area contributed by atoms with Gasteiger partial charge in [0.25, 0.3) is 0 Å². The molecule has 1 unspecified atom stereocenters. The van der Waals surface area contributed by atoms with Gasteiger partial charge in [0, 0.05) is 50.2 Å². The van der Waals surface area contributed by atoms with E-state index >= 15 is 0 Å². The maximum atomic E-state index is 10.0. The van der Waals surface area contributed by atoms with Crippen LogP contribution in [0.4, 0.5) is 5.95 Å². The smallest absolute Gasteiger partial charge is 0.225 e. The Hall–Kier alpha value is -2.34. The first-order valence-corrected chi connectivity index (χ1v) is 9.85. The second-order valence-corrected chi connectivity index (χ2v) is 7.56. The van der Waals surface area contributed by atoms with Crippen LogP contribution in [0.25, 0.3) is 0 Å². The van der Waals surface area contributed by atoms with E-state index in [9.17, 15) is 5.11 Å². The van der Waals surface area contributed by atoms with Gasteiger partial charge in [0.1, 0.15) is 0 Å². The second kappa shape index (κ2) is 7.72. The van der Waals surface area contributed by atoms with Crippen molar-refractivity contribution >= 4 is 5.95 Å². The van der Waals surface area contributed by atoms with Crippen LogP contribution in [0.5, 0.6) is 11.5 Å². The normalized spacial score (nSPS) is 20.4. The molecule has 0 amide bonds. The fourth-order valence-electron chi connectivity index (χ4n) is 4.19. The van der Waals surface area contributed by atoms with Gasteiger partial charge in [-0.3, -0.25) is 4.90 Å². The van der Waals surface area contributed by atoms with Crippen molar-refractivity contribution in [3.05, 3.63) is 41.2 Å². The zero-order valence-corrected chi connectivity index (χ0v) is 16.2. The third kappa shape index (κ3) is 3.72. The standard InChI is InChI=1S/C21H28N4O2/c1-15-18-11-20(27-2)19(26)10-17(18)6-9-25(15)14-16-12-22-21(23-13-16)24-7-4-3-5-8-24/h10-13,15,26H,3-9,14H2,1-2H3. The van der Waals surface area contributed by atoms with Gasteiger partial charge in [0.2, 0.25) is 5.95 Å². The molecule has 2 aliphatic rings. The minimum Gasteiger partial charge on any atom is -0.504 e. The van der Waals surface area contributed by atoms with Crippen LogP contribution in [0.15, 0.2) is 24.5 Å². The Morgan fingerprint density at radius 1 is 1.11 bits per heavy atom. The lowest BCUT2D eigenvalue weighted by Gasteiger charge is -2.35. The van der Waals surface area contributed by atoms with Gasteiger partial charge in [-0.05, 0) is 55.9 Å². The summed E-state index contributed by atoms with van der Waals surface area (Å²) in [5.41, 5.74) is 3.56. The van der Waals surface area contributed by atoms with Crippen molar-refractivity contribution in [1.29, 1.82) is 0 Å². The van der Waals surface area contributed by atoms with Crippen molar-refractivity contribution in [2.24, 2.45) is 0 Å². The highest BCUT2D eigenvalue weighted by molar-refractivity contribution is 5.48. The van der Waals surface area contributed by atoms with E-state index in [1.165, 1.54) is 30.4 Å². The minimum atomic E-state index is 0.221. The number of aromatic hydroxyl groups is 1. The Kier molecular flexibility index (Phi) is 5.16. The molecule has 0 radical (unpaired) electrons. The summed E-state index contributed by atoms with van der Waals surface area (Å²) in [4.78, 5) is 13.9. The summed E-state index contributed by atoms with van der Waals surface area (Å²) in [6.45, 7) is 6.11. The summed E-state index contributed by atoms with van der Waals surface area (Å²) in [7, 11) is 1.59. The minimum absolute atomic E-state index is 0.221. The Morgan fingerprint density at radius 2 is 1.85 bits per heavy atom. The van der Waals surface area contributed by atoms with E-state index in [0.717, 1.165) is 44.1 Å². The molecule has 6 nitrogen and oxygen atoms in total. The van der Waals surface area contributed by atoms with Crippen LogP contribution >= 0.6 is 0 Å². The summed E-state index contributed by atoms with van der Waals surface area (Å²) in [5.74, 6) is 1.62. The van der Waals surface area contributed by atoms with Crippen LogP contribution in [-0.2, 0) is 13.0 Å². The predicted octanol–water partition coefficient (Wildman–Crippen LogP) is 3.30. The number of rotatable bonds is 4. The number of aromatic nitrogens is 2. The van der Waals surface area contributed by atoms with Gasteiger partial charge < -0.3 is 14.7 Å². The van der Waals surface area contributed by atoms with Gasteiger partial charge in [-0.25, -0.2) is 9.97 Å². The number of methoxy groups -OCH3 is 1. The molecule has 27 heavy (non-hydrogen) atoms. The highest BCUT2D eigenvalue weighted by Gasteiger charge is 2.26. The third-order valence-corrected chi connectivity index (χ3v) is 5.82. The molecule has 1 saturated heterocycles. The number of benzene rings is 1. The van der Waals surface area contributed by atoms with Crippen LogP contribution in [-0.4, -0.2) is 46.7 Å². The summed E-state index contributed by atoms with van der Waals surface area (Å²) in [6, 6.07) is 4.07. The highest BCUT2D eigenvalue weighted by Crippen LogP contribution is 2.37. The Labute approximate surface area is 160 Å². The maximum Gasteiger partial charge on any atom is 0.225 e. The quantitative estimate of drug-likeness (QED) is 0.893. The van der Waals surface area contributed by atoms with Crippen molar-refractivity contribution in [2.75, 3.05) is 31.6 Å². The molecule has 6 heteroatoms. The first-order chi connectivity index (χ1) is 13.2. The molecule has 2 aromatic rings. The van der Waals surface area contributed by atoms with E-state index in [1.807, 2.05) is 24.5 Å². The van der Waals surface area contributed by atoms with E-state index in [4.69, 9.17) is 4.74 Å². The number of ether oxygens (including phenoxy) is 1. The molecular formula is C21H28N4O2. The molecule has 1 aromatic carbocycles. The summed E-state index contributed by atoms with van der Waals surface area (Å²) >= 11 is 0. The molecule has 0 bridgehead atoms. The fourth-order valence-corrected chi connectivity index (χ4v) is 4.19. The number of phenols is 1. The average Bonchev–Trinajstić information content (AvgIpc) is 2.71. The molecule has 144 valence electrons. The first kappa shape index (κ1) is 18.0. The molecule has 1 atom stereocenters. The van der Waals surface area contributed by atoms with E-state index < -0.39 is 0 Å². The van der Waals surface area contributed by atoms with Crippen molar-refractivity contribution in [1.82, 2.24) is 14.9 Å². The van der Waals surface area contributed by atoms with Gasteiger partial charge in [-0.2, -0.15) is 0 Å². The van der Waals surface area contributed by atoms with E-state index in [2.05, 4.69) is 26.7 Å². The topological polar surface area (TPSA) is 61.7 Å². The molecule has 1 fully saturated rings. The zero-order chi connectivity index (χ0) is 18.8. The molecule has 0 aliphatic carbocycles. The van der Waals surface area contributed by atoms with Gasteiger partial charge >= 0.3 is 0 Å². The molecule has 0 spiro atoms. The van der Waals surface area contributed by atoms with Crippen LogP contribution in [0.3, 0.4) is 0 Å². The molecule has 4 rings (SSSR count). The maximum absolute atomic E-state index is 10.0. The SMILES string of the molecule is COc1cc2c(cc1O)CCN(Cc1cnc(N3CCCCC3)nc1)C2C. The van der Waals surface area contributed by atoms with Gasteiger partial charge in [0.15, 0.2) is 11.5 Å². The van der Waals surface area contributed by atoms with Gasteiger partial charge in [-0.1, -0.05) is 0 Å². The summed E-state index contributed by atoms with van der Waals surface area (Å²) in [5, 5.41) is 10.0. The predicted molar refractivity (Wildman–Crippen MR) is 105 cm³/mol. The largest absolute Gasteiger partial charge is 0.504 e. The van der Waals surface area contributed by atoms with Crippen LogP contribution in [0.2, 0.25) is 0 Å². The van der Waals surface area contributed by atoms with E-state index in [-0.39, 0.29) is 11.8 Å². The van der Waals surface area contributed by atoms with E-state index in [1.54, 1.807) is 7.11 Å². The monoisotopic (exact) mass is 368 g/mol. The van der Waals surface area contributed by atoms with Crippen molar-refractivity contribution in [2.45, 2.75) is 45.2 Å². The molecular weight excluding hydrogens is 340 g/mol. The lowest BCUT2D eigenvalue weighted by Crippen LogP contribution is -2.34. The van der Waals surface area contributed by atoms with Crippen molar-refractivity contribution in [3.63, 3.8) is 0 Å². The molecule has 3 heterocycles. The van der Waals surface area contributed by atoms with Gasteiger partial charge in [0.05, 0.1) is 7.11 Å². The lowest BCUT2D eigenvalue weighted by atomic mass is 9.92. The summed E-state index contributed by atoms with van der Waals surface area (Å²) in [6.07, 6.45) is 8.63. The fraction of sp³-hybridized carbons (Fsp3) is 0.524. The van der Waals surface area contributed by atoms with E-state index in [0.29, 0.717) is 5.75 Å². The number of hydrogen-bond acceptors (Lipinski definition) is 6. The summed E-state index contributed by atoms with van der Waals surface area (Å²) < 4.78 is 5.29. The molecule has 1 N–H and O–H groups in total. The average molecular weight is 368 g/mol. The van der Waals surface area contributed by atoms with Crippen LogP contribution in [0, 0.1) is 0 Å². The lowest BCUT2D eigenvalue weighted by molar-refractivity contribution is 0.188. The van der Waals surface area contributed by atoms with Crippen LogP contribution < -0.4 is 9.64 Å². The zero-order valence-electron chi connectivity index (χ0n) is 16.2. The molecule has 2 aliphatic heterocycles. The number of phenolic OH excluding ortho intramolecular Hbond substituents is 1. The number of hydrogen-bond donors (Lipinski definition) is 1. The van der Waals surface area contributed by atoms with Crippen molar-refractivity contribution in [3.8, 4) is 11.5 Å². The van der Waals surface area contributed by atoms with Gasteiger partial charge in [-0.15, -0.1) is 0 Å². The second-order valence-electron chi connectivity index (χ2n) is 7.56. The number of anilines is 1. The highest BCUT2D eigenvalue weighted by atomic mass is 16.5. The number of piperidine rings is 1. The Bertz CT molecular complexity index is 788. The third-order valence-electron chi connectivity index (χ3n) is 5.82.